The number of amides is 1. The van der Waals surface area contributed by atoms with Gasteiger partial charge in [0.05, 0.1) is 25.4 Å². The Balaban J connectivity index is 2.04. The Labute approximate surface area is 134 Å². The molecule has 1 N–H and O–H groups in total. The molecular weight excluding hydrogens is 292 g/mol. The Morgan fingerprint density at radius 2 is 2.09 bits per heavy atom. The summed E-state index contributed by atoms with van der Waals surface area (Å²) < 4.78 is 12.8. The van der Waals surface area contributed by atoms with Crippen molar-refractivity contribution in [2.24, 2.45) is 0 Å². The molecule has 0 unspecified atom stereocenters. The van der Waals surface area contributed by atoms with E-state index in [1.807, 2.05) is 48.7 Å². The summed E-state index contributed by atoms with van der Waals surface area (Å²) in [5, 5.41) is 2.93. The van der Waals surface area contributed by atoms with Gasteiger partial charge in [0.15, 0.2) is 5.58 Å². The number of hydrogen-bond donors (Lipinski definition) is 1. The molecule has 0 fully saturated rings. The zero-order valence-electron chi connectivity index (χ0n) is 13.5. The largest absolute Gasteiger partial charge is 0.496 e. The maximum atomic E-state index is 12.5. The van der Waals surface area contributed by atoms with E-state index in [1.165, 1.54) is 0 Å². The molecule has 23 heavy (non-hydrogen) atoms. The Bertz CT molecular complexity index is 830. The second-order valence-electron chi connectivity index (χ2n) is 5.73. The number of nitrogens with zero attached hydrogens (tertiary/aromatic N) is 1. The molecule has 2 heterocycles. The Morgan fingerprint density at radius 3 is 2.83 bits per heavy atom. The van der Waals surface area contributed by atoms with Crippen molar-refractivity contribution in [2.45, 2.75) is 26.4 Å². The van der Waals surface area contributed by atoms with Crippen molar-refractivity contribution in [3.63, 3.8) is 0 Å². The van der Waals surface area contributed by atoms with Crippen LogP contribution in [0.2, 0.25) is 0 Å². The summed E-state index contributed by atoms with van der Waals surface area (Å²) in [5.74, 6) is 0.689. The third kappa shape index (κ3) is 2.95. The molecule has 0 atom stereocenters. The van der Waals surface area contributed by atoms with Crippen molar-refractivity contribution in [3.05, 3.63) is 53.9 Å². The first kappa shape index (κ1) is 15.2. The SMILES string of the molecule is COc1ccccc1Cn1c(C(=O)NC(C)C)cc2occc21. The van der Waals surface area contributed by atoms with Gasteiger partial charge >= 0.3 is 0 Å². The highest BCUT2D eigenvalue weighted by Gasteiger charge is 2.19. The number of rotatable bonds is 5. The highest BCUT2D eigenvalue weighted by Crippen LogP contribution is 2.25. The van der Waals surface area contributed by atoms with E-state index in [-0.39, 0.29) is 11.9 Å². The molecule has 1 aromatic carbocycles. The summed E-state index contributed by atoms with van der Waals surface area (Å²) in [6, 6.07) is 11.5. The minimum Gasteiger partial charge on any atom is -0.496 e. The maximum absolute atomic E-state index is 12.5. The summed E-state index contributed by atoms with van der Waals surface area (Å²) in [7, 11) is 1.65. The van der Waals surface area contributed by atoms with Gasteiger partial charge in [0.25, 0.3) is 5.91 Å². The van der Waals surface area contributed by atoms with Crippen LogP contribution in [0.3, 0.4) is 0 Å². The summed E-state index contributed by atoms with van der Waals surface area (Å²) >= 11 is 0. The van der Waals surface area contributed by atoms with Gasteiger partial charge in [0.1, 0.15) is 11.4 Å². The average Bonchev–Trinajstić information content (AvgIpc) is 3.09. The number of aromatic nitrogens is 1. The lowest BCUT2D eigenvalue weighted by atomic mass is 10.2. The molecule has 0 saturated heterocycles. The van der Waals surface area contributed by atoms with Gasteiger partial charge in [-0.2, -0.15) is 0 Å². The zero-order valence-corrected chi connectivity index (χ0v) is 13.5. The van der Waals surface area contributed by atoms with Crippen LogP contribution in [0.5, 0.6) is 5.75 Å². The van der Waals surface area contributed by atoms with Gasteiger partial charge in [-0.15, -0.1) is 0 Å². The summed E-state index contributed by atoms with van der Waals surface area (Å²) in [4.78, 5) is 12.5. The molecule has 1 amide bonds. The third-order valence-electron chi connectivity index (χ3n) is 3.70. The highest BCUT2D eigenvalue weighted by atomic mass is 16.5. The number of ether oxygens (including phenoxy) is 1. The fraction of sp³-hybridized carbons (Fsp3) is 0.278. The van der Waals surface area contributed by atoms with E-state index in [1.54, 1.807) is 19.4 Å². The van der Waals surface area contributed by atoms with Crippen molar-refractivity contribution < 1.29 is 13.9 Å². The van der Waals surface area contributed by atoms with Crippen LogP contribution in [-0.4, -0.2) is 23.6 Å². The molecule has 2 aromatic heterocycles. The van der Waals surface area contributed by atoms with Crippen LogP contribution in [0.4, 0.5) is 0 Å². The summed E-state index contributed by atoms with van der Waals surface area (Å²) in [6.07, 6.45) is 1.63. The van der Waals surface area contributed by atoms with Crippen molar-refractivity contribution in [3.8, 4) is 5.75 Å². The van der Waals surface area contributed by atoms with Crippen molar-refractivity contribution in [1.29, 1.82) is 0 Å². The number of para-hydroxylation sites is 1. The van der Waals surface area contributed by atoms with Crippen LogP contribution < -0.4 is 10.1 Å². The van der Waals surface area contributed by atoms with Crippen LogP contribution in [0.1, 0.15) is 29.9 Å². The smallest absolute Gasteiger partial charge is 0.268 e. The summed E-state index contributed by atoms with van der Waals surface area (Å²) in [6.45, 7) is 4.42. The number of carbonyl (C=O) groups is 1. The molecule has 0 spiro atoms. The van der Waals surface area contributed by atoms with Crippen LogP contribution in [0, 0.1) is 0 Å². The fourth-order valence-electron chi connectivity index (χ4n) is 2.68. The lowest BCUT2D eigenvalue weighted by Crippen LogP contribution is -2.31. The predicted octanol–water partition coefficient (Wildman–Crippen LogP) is 3.43. The molecule has 5 nitrogen and oxygen atoms in total. The molecule has 3 aromatic rings. The topological polar surface area (TPSA) is 56.4 Å². The molecule has 0 aliphatic rings. The fourth-order valence-corrected chi connectivity index (χ4v) is 2.68. The maximum Gasteiger partial charge on any atom is 0.268 e. The van der Waals surface area contributed by atoms with Crippen LogP contribution in [0.25, 0.3) is 11.1 Å². The van der Waals surface area contributed by atoms with E-state index >= 15 is 0 Å². The quantitative estimate of drug-likeness (QED) is 0.785. The number of fused-ring (bicyclic) bond motifs is 1. The number of furan rings is 1. The Morgan fingerprint density at radius 1 is 1.30 bits per heavy atom. The van der Waals surface area contributed by atoms with Gasteiger partial charge in [0.2, 0.25) is 0 Å². The molecule has 5 heteroatoms. The predicted molar refractivity (Wildman–Crippen MR) is 88.9 cm³/mol. The van der Waals surface area contributed by atoms with Gasteiger partial charge in [-0.3, -0.25) is 4.79 Å². The van der Waals surface area contributed by atoms with Gasteiger partial charge in [0, 0.05) is 23.7 Å². The minimum atomic E-state index is -0.110. The Hall–Kier alpha value is -2.69. The van der Waals surface area contributed by atoms with Gasteiger partial charge in [-0.05, 0) is 19.9 Å². The van der Waals surface area contributed by atoms with Crippen molar-refractivity contribution in [1.82, 2.24) is 9.88 Å². The highest BCUT2D eigenvalue weighted by molar-refractivity contribution is 5.97. The standard InChI is InChI=1S/C18H20N2O3/c1-12(2)19-18(21)15-10-17-14(8-9-23-17)20(15)11-13-6-4-5-7-16(13)22-3/h4-10,12H,11H2,1-3H3,(H,19,21). The van der Waals surface area contributed by atoms with Crippen molar-refractivity contribution >= 4 is 17.0 Å². The van der Waals surface area contributed by atoms with Crippen LogP contribution in [0.15, 0.2) is 47.1 Å². The zero-order chi connectivity index (χ0) is 16.4. The first-order valence-electron chi connectivity index (χ1n) is 7.59. The monoisotopic (exact) mass is 312 g/mol. The first-order valence-corrected chi connectivity index (χ1v) is 7.59. The minimum absolute atomic E-state index is 0.0726. The molecule has 0 aliphatic carbocycles. The number of methoxy groups -OCH3 is 1. The number of benzene rings is 1. The van der Waals surface area contributed by atoms with E-state index in [0.717, 1.165) is 16.8 Å². The first-order chi connectivity index (χ1) is 11.1. The van der Waals surface area contributed by atoms with E-state index in [4.69, 9.17) is 9.15 Å². The van der Waals surface area contributed by atoms with Gasteiger partial charge < -0.3 is 19.0 Å². The third-order valence-corrected chi connectivity index (χ3v) is 3.70. The molecule has 0 aliphatic heterocycles. The lowest BCUT2D eigenvalue weighted by Gasteiger charge is -2.14. The lowest BCUT2D eigenvalue weighted by molar-refractivity contribution is 0.0934. The van der Waals surface area contributed by atoms with E-state index < -0.39 is 0 Å². The Kier molecular flexibility index (Phi) is 4.10. The molecule has 0 bridgehead atoms. The number of carbonyl (C=O) groups excluding carboxylic acids is 1. The van der Waals surface area contributed by atoms with E-state index in [0.29, 0.717) is 17.8 Å². The normalized spacial score (nSPS) is 11.1. The van der Waals surface area contributed by atoms with Gasteiger partial charge in [-0.25, -0.2) is 0 Å². The number of hydrogen-bond acceptors (Lipinski definition) is 3. The molecule has 3 rings (SSSR count). The second-order valence-corrected chi connectivity index (χ2v) is 5.73. The molecular formula is C18H20N2O3. The van der Waals surface area contributed by atoms with Gasteiger partial charge in [-0.1, -0.05) is 18.2 Å². The summed E-state index contributed by atoms with van der Waals surface area (Å²) in [5.41, 5.74) is 3.19. The average molecular weight is 312 g/mol. The molecule has 0 radical (unpaired) electrons. The van der Waals surface area contributed by atoms with E-state index in [9.17, 15) is 4.79 Å². The van der Waals surface area contributed by atoms with E-state index in [2.05, 4.69) is 5.32 Å². The van der Waals surface area contributed by atoms with Crippen LogP contribution in [-0.2, 0) is 6.54 Å². The number of nitrogens with one attached hydrogen (secondary N) is 1. The van der Waals surface area contributed by atoms with Crippen LogP contribution >= 0.6 is 0 Å². The molecule has 120 valence electrons. The second kappa shape index (κ2) is 6.20. The molecule has 0 saturated carbocycles. The van der Waals surface area contributed by atoms with Crippen molar-refractivity contribution in [2.75, 3.05) is 7.11 Å².